The van der Waals surface area contributed by atoms with Gasteiger partial charge in [0, 0.05) is 23.8 Å². The Morgan fingerprint density at radius 1 is 1.47 bits per heavy atom. The minimum Gasteiger partial charge on any atom is -0.325 e. The summed E-state index contributed by atoms with van der Waals surface area (Å²) >= 11 is 3.07. The van der Waals surface area contributed by atoms with Crippen molar-refractivity contribution in [3.8, 4) is 0 Å². The third kappa shape index (κ3) is 2.74. The fourth-order valence-electron chi connectivity index (χ4n) is 0.996. The zero-order chi connectivity index (χ0) is 10.7. The van der Waals surface area contributed by atoms with Gasteiger partial charge in [0.05, 0.1) is 5.69 Å². The summed E-state index contributed by atoms with van der Waals surface area (Å²) in [6.07, 6.45) is 1.72. The lowest BCUT2D eigenvalue weighted by Gasteiger charge is -1.98. The number of hydrogen-bond donors (Lipinski definition) is 1. The van der Waals surface area contributed by atoms with Gasteiger partial charge in [-0.25, -0.2) is 15.0 Å². The number of thiazole rings is 1. The number of rotatable bonds is 3. The lowest BCUT2D eigenvalue weighted by Crippen LogP contribution is -2.00. The monoisotopic (exact) mass is 238 g/mol. The Morgan fingerprint density at radius 3 is 3.00 bits per heavy atom. The van der Waals surface area contributed by atoms with Gasteiger partial charge in [0.15, 0.2) is 9.50 Å². The second kappa shape index (κ2) is 4.69. The molecule has 2 heterocycles. The van der Waals surface area contributed by atoms with Crippen molar-refractivity contribution >= 4 is 23.1 Å². The second-order valence-corrected chi connectivity index (χ2v) is 4.96. The molecular weight excluding hydrogens is 228 g/mol. The standard InChI is InChI=1S/C9H10N4S2/c1-6-5-14-9(12-6)15-8-11-3-2-7(4-10)13-8/h2-3,5H,4,10H2,1H3. The molecule has 0 aliphatic heterocycles. The van der Waals surface area contributed by atoms with E-state index in [0.29, 0.717) is 11.7 Å². The minimum absolute atomic E-state index is 0.437. The van der Waals surface area contributed by atoms with Crippen LogP contribution >= 0.6 is 23.1 Å². The lowest BCUT2D eigenvalue weighted by atomic mass is 10.4. The third-order valence-electron chi connectivity index (χ3n) is 1.68. The van der Waals surface area contributed by atoms with E-state index in [0.717, 1.165) is 15.7 Å². The van der Waals surface area contributed by atoms with Crippen LogP contribution in [0.5, 0.6) is 0 Å². The summed E-state index contributed by atoms with van der Waals surface area (Å²) in [7, 11) is 0. The molecule has 0 radical (unpaired) electrons. The number of aromatic nitrogens is 3. The summed E-state index contributed by atoms with van der Waals surface area (Å²) in [5, 5.41) is 2.71. The van der Waals surface area contributed by atoms with E-state index in [1.165, 1.54) is 11.8 Å². The van der Waals surface area contributed by atoms with Crippen molar-refractivity contribution in [3.05, 3.63) is 29.0 Å². The number of aryl methyl sites for hydroxylation is 1. The summed E-state index contributed by atoms with van der Waals surface area (Å²) in [6, 6.07) is 1.82. The number of nitrogens with zero attached hydrogens (tertiary/aromatic N) is 3. The fraction of sp³-hybridized carbons (Fsp3) is 0.222. The van der Waals surface area contributed by atoms with Crippen LogP contribution in [0.2, 0.25) is 0 Å². The number of nitrogens with two attached hydrogens (primary N) is 1. The molecule has 0 aliphatic carbocycles. The lowest BCUT2D eigenvalue weighted by molar-refractivity contribution is 0.873. The largest absolute Gasteiger partial charge is 0.325 e. The van der Waals surface area contributed by atoms with Crippen molar-refractivity contribution in [3.63, 3.8) is 0 Å². The SMILES string of the molecule is Cc1csc(Sc2nccc(CN)n2)n1. The highest BCUT2D eigenvalue weighted by atomic mass is 32.2. The molecule has 2 rings (SSSR count). The fourth-order valence-corrected chi connectivity index (χ4v) is 2.70. The highest BCUT2D eigenvalue weighted by molar-refractivity contribution is 8.00. The van der Waals surface area contributed by atoms with Gasteiger partial charge in [0.25, 0.3) is 0 Å². The molecule has 0 bridgehead atoms. The average molecular weight is 238 g/mol. The summed E-state index contributed by atoms with van der Waals surface area (Å²) in [6.45, 7) is 2.41. The van der Waals surface area contributed by atoms with Crippen molar-refractivity contribution in [2.45, 2.75) is 23.0 Å². The van der Waals surface area contributed by atoms with Crippen LogP contribution in [-0.2, 0) is 6.54 Å². The smallest absolute Gasteiger partial charge is 0.194 e. The van der Waals surface area contributed by atoms with Gasteiger partial charge in [-0.2, -0.15) is 0 Å². The van der Waals surface area contributed by atoms with Gasteiger partial charge in [-0.05, 0) is 24.8 Å². The molecule has 0 aliphatic rings. The summed E-state index contributed by atoms with van der Waals surface area (Å²) < 4.78 is 0.960. The molecule has 0 aromatic carbocycles. The first-order valence-electron chi connectivity index (χ1n) is 4.40. The van der Waals surface area contributed by atoms with Gasteiger partial charge < -0.3 is 5.73 Å². The normalized spacial score (nSPS) is 10.5. The van der Waals surface area contributed by atoms with Crippen molar-refractivity contribution in [2.75, 3.05) is 0 Å². The zero-order valence-corrected chi connectivity index (χ0v) is 9.81. The number of hydrogen-bond acceptors (Lipinski definition) is 6. The molecule has 6 heteroatoms. The van der Waals surface area contributed by atoms with Crippen LogP contribution in [0.15, 0.2) is 27.1 Å². The highest BCUT2D eigenvalue weighted by Gasteiger charge is 2.04. The van der Waals surface area contributed by atoms with Gasteiger partial charge in [0.2, 0.25) is 0 Å². The first-order chi connectivity index (χ1) is 7.28. The van der Waals surface area contributed by atoms with E-state index >= 15 is 0 Å². The van der Waals surface area contributed by atoms with Crippen LogP contribution in [0.3, 0.4) is 0 Å². The van der Waals surface area contributed by atoms with Crippen molar-refractivity contribution < 1.29 is 0 Å². The average Bonchev–Trinajstić information content (AvgIpc) is 2.64. The molecule has 2 aromatic rings. The van der Waals surface area contributed by atoms with Crippen LogP contribution in [-0.4, -0.2) is 15.0 Å². The molecule has 15 heavy (non-hydrogen) atoms. The Morgan fingerprint density at radius 2 is 2.33 bits per heavy atom. The van der Waals surface area contributed by atoms with Crippen LogP contribution < -0.4 is 5.73 Å². The van der Waals surface area contributed by atoms with Gasteiger partial charge >= 0.3 is 0 Å². The van der Waals surface area contributed by atoms with Gasteiger partial charge in [-0.3, -0.25) is 0 Å². The maximum absolute atomic E-state index is 5.50. The molecule has 0 saturated carbocycles. The molecule has 0 saturated heterocycles. The van der Waals surface area contributed by atoms with Crippen LogP contribution in [0.1, 0.15) is 11.4 Å². The second-order valence-electron chi connectivity index (χ2n) is 2.89. The van der Waals surface area contributed by atoms with Crippen molar-refractivity contribution in [2.24, 2.45) is 5.73 Å². The van der Waals surface area contributed by atoms with Gasteiger partial charge in [-0.15, -0.1) is 11.3 Å². The molecule has 0 spiro atoms. The molecule has 0 amide bonds. The van der Waals surface area contributed by atoms with Crippen LogP contribution in [0, 0.1) is 6.92 Å². The maximum Gasteiger partial charge on any atom is 0.194 e. The predicted octanol–water partition coefficient (Wildman–Crippen LogP) is 1.85. The van der Waals surface area contributed by atoms with E-state index in [4.69, 9.17) is 5.73 Å². The molecular formula is C9H10N4S2. The van der Waals surface area contributed by atoms with E-state index in [2.05, 4.69) is 15.0 Å². The highest BCUT2D eigenvalue weighted by Crippen LogP contribution is 2.27. The van der Waals surface area contributed by atoms with Gasteiger partial charge in [-0.1, -0.05) is 0 Å². The summed E-state index contributed by atoms with van der Waals surface area (Å²) in [4.78, 5) is 12.8. The summed E-state index contributed by atoms with van der Waals surface area (Å²) in [5.41, 5.74) is 7.38. The first kappa shape index (κ1) is 10.5. The molecule has 2 N–H and O–H groups in total. The predicted molar refractivity (Wildman–Crippen MR) is 60.9 cm³/mol. The Hall–Kier alpha value is -0.980. The molecule has 4 nitrogen and oxygen atoms in total. The van der Waals surface area contributed by atoms with E-state index in [9.17, 15) is 0 Å². The maximum atomic E-state index is 5.50. The quantitative estimate of drug-likeness (QED) is 0.827. The van der Waals surface area contributed by atoms with Crippen LogP contribution in [0.4, 0.5) is 0 Å². The minimum atomic E-state index is 0.437. The third-order valence-corrected chi connectivity index (χ3v) is 3.61. The molecule has 0 fully saturated rings. The van der Waals surface area contributed by atoms with Crippen molar-refractivity contribution in [1.82, 2.24) is 15.0 Å². The Balaban J connectivity index is 2.16. The molecule has 0 atom stereocenters. The van der Waals surface area contributed by atoms with Crippen LogP contribution in [0.25, 0.3) is 0 Å². The Labute approximate surface area is 96.0 Å². The Kier molecular flexibility index (Phi) is 3.30. The molecule has 0 unspecified atom stereocenters. The van der Waals surface area contributed by atoms with E-state index in [-0.39, 0.29) is 0 Å². The van der Waals surface area contributed by atoms with E-state index in [1.807, 2.05) is 18.4 Å². The summed E-state index contributed by atoms with van der Waals surface area (Å²) in [5.74, 6) is 0. The first-order valence-corrected chi connectivity index (χ1v) is 6.09. The van der Waals surface area contributed by atoms with Gasteiger partial charge in [0.1, 0.15) is 0 Å². The Bertz CT molecular complexity index is 455. The van der Waals surface area contributed by atoms with Crippen molar-refractivity contribution in [1.29, 1.82) is 0 Å². The molecule has 78 valence electrons. The molecule has 2 aromatic heterocycles. The zero-order valence-electron chi connectivity index (χ0n) is 8.17. The topological polar surface area (TPSA) is 64.7 Å². The van der Waals surface area contributed by atoms with E-state index < -0.39 is 0 Å². The van der Waals surface area contributed by atoms with E-state index in [1.54, 1.807) is 17.5 Å².